The lowest BCUT2D eigenvalue weighted by Crippen LogP contribution is -2.30. The minimum Gasteiger partial charge on any atom is -0.350 e. The molecule has 0 fully saturated rings. The number of aromatic nitrogens is 4. The number of aromatic amines is 1. The van der Waals surface area contributed by atoms with Crippen LogP contribution in [0.4, 0.5) is 13.2 Å². The van der Waals surface area contributed by atoms with Crippen molar-refractivity contribution >= 4 is 16.8 Å². The van der Waals surface area contributed by atoms with Gasteiger partial charge in [0.25, 0.3) is 11.5 Å². The van der Waals surface area contributed by atoms with Gasteiger partial charge in [-0.25, -0.2) is 4.98 Å². The van der Waals surface area contributed by atoms with Crippen molar-refractivity contribution < 1.29 is 18.0 Å². The Morgan fingerprint density at radius 3 is 2.59 bits per heavy atom. The molecule has 0 saturated heterocycles. The van der Waals surface area contributed by atoms with Crippen LogP contribution < -0.4 is 10.9 Å². The average Bonchev–Trinajstić information content (AvgIpc) is 3.29. The van der Waals surface area contributed by atoms with Crippen molar-refractivity contribution in [3.05, 3.63) is 82.2 Å². The first-order chi connectivity index (χ1) is 16.1. The van der Waals surface area contributed by atoms with Crippen LogP contribution in [-0.4, -0.2) is 31.7 Å². The molecule has 10 heteroatoms. The molecule has 1 amide bonds. The highest BCUT2D eigenvalue weighted by Gasteiger charge is 2.36. The van der Waals surface area contributed by atoms with Crippen molar-refractivity contribution in [2.75, 3.05) is 0 Å². The second-order valence-corrected chi connectivity index (χ2v) is 8.27. The van der Waals surface area contributed by atoms with Gasteiger partial charge in [-0.05, 0) is 56.2 Å². The smallest absolute Gasteiger partial charge is 0.350 e. The number of amides is 1. The van der Waals surface area contributed by atoms with Crippen LogP contribution in [-0.2, 0) is 6.18 Å². The molecule has 0 bridgehead atoms. The zero-order valence-electron chi connectivity index (χ0n) is 18.6. The van der Waals surface area contributed by atoms with E-state index in [9.17, 15) is 22.8 Å². The fourth-order valence-electron chi connectivity index (χ4n) is 3.75. The minimum atomic E-state index is -4.59. The predicted molar refractivity (Wildman–Crippen MR) is 121 cm³/mol. The Kier molecular flexibility index (Phi) is 5.99. The number of carbonyl (C=O) groups is 1. The molecule has 0 aliphatic carbocycles. The van der Waals surface area contributed by atoms with Gasteiger partial charge in [0, 0.05) is 17.2 Å². The summed E-state index contributed by atoms with van der Waals surface area (Å²) in [5, 5.41) is 8.59. The number of H-pyrrole nitrogens is 1. The molecule has 0 radical (unpaired) electrons. The molecular formula is C24H22F3N5O2. The van der Waals surface area contributed by atoms with Crippen LogP contribution in [0.5, 0.6) is 0 Å². The molecule has 1 unspecified atom stereocenters. The minimum absolute atomic E-state index is 0.0139. The van der Waals surface area contributed by atoms with Crippen molar-refractivity contribution in [1.29, 1.82) is 0 Å². The Labute approximate surface area is 192 Å². The first-order valence-corrected chi connectivity index (χ1v) is 10.6. The summed E-state index contributed by atoms with van der Waals surface area (Å²) in [6, 6.07) is 10.9. The molecule has 7 nitrogen and oxygen atoms in total. The molecular weight excluding hydrogens is 447 g/mol. The van der Waals surface area contributed by atoms with Crippen LogP contribution in [0.25, 0.3) is 22.0 Å². The summed E-state index contributed by atoms with van der Waals surface area (Å²) in [5.74, 6) is -0.210. The van der Waals surface area contributed by atoms with Gasteiger partial charge in [-0.15, -0.1) is 0 Å². The molecule has 2 aromatic carbocycles. The number of hydrogen-bond donors (Lipinski definition) is 2. The van der Waals surface area contributed by atoms with Gasteiger partial charge in [0.05, 0.1) is 29.5 Å². The van der Waals surface area contributed by atoms with E-state index in [-0.39, 0.29) is 39.5 Å². The lowest BCUT2D eigenvalue weighted by Gasteiger charge is -2.17. The quantitative estimate of drug-likeness (QED) is 0.449. The molecule has 2 aromatic heterocycles. The van der Waals surface area contributed by atoms with E-state index >= 15 is 0 Å². The van der Waals surface area contributed by atoms with Crippen molar-refractivity contribution in [3.63, 3.8) is 0 Å². The molecule has 2 heterocycles. The van der Waals surface area contributed by atoms with Crippen LogP contribution in [0.2, 0.25) is 0 Å². The SMILES string of the molecule is CC(C)NC(=O)c1cccc(C(C)n2cnc3cc(-c4cn[nH]c4C(F)(F)F)ccc3c2=O)c1. The third kappa shape index (κ3) is 4.43. The summed E-state index contributed by atoms with van der Waals surface area (Å²) in [5.41, 5.74) is 0.305. The summed E-state index contributed by atoms with van der Waals surface area (Å²) in [4.78, 5) is 29.9. The molecule has 4 rings (SSSR count). The highest BCUT2D eigenvalue weighted by Crippen LogP contribution is 2.35. The highest BCUT2D eigenvalue weighted by molar-refractivity contribution is 5.94. The van der Waals surface area contributed by atoms with Crippen molar-refractivity contribution in [2.24, 2.45) is 0 Å². The maximum atomic E-state index is 13.2. The van der Waals surface area contributed by atoms with Crippen molar-refractivity contribution in [2.45, 2.75) is 39.0 Å². The van der Waals surface area contributed by atoms with E-state index < -0.39 is 17.9 Å². The number of nitrogens with zero attached hydrogens (tertiary/aromatic N) is 3. The lowest BCUT2D eigenvalue weighted by molar-refractivity contribution is -0.140. The van der Waals surface area contributed by atoms with Gasteiger partial charge in [-0.1, -0.05) is 18.2 Å². The molecule has 34 heavy (non-hydrogen) atoms. The Morgan fingerprint density at radius 1 is 1.12 bits per heavy atom. The largest absolute Gasteiger partial charge is 0.433 e. The standard InChI is InChI=1S/C24H22F3N5O2/c1-13(2)30-22(33)17-6-4-5-15(9-17)14(3)32-12-28-20-10-16(7-8-18(20)23(32)34)19-11-29-31-21(19)24(25,26)27/h4-14H,1-3H3,(H,29,31)(H,30,33). The fraction of sp³-hybridized carbons (Fsp3) is 0.250. The van der Waals surface area contributed by atoms with Crippen molar-refractivity contribution in [3.8, 4) is 11.1 Å². The lowest BCUT2D eigenvalue weighted by atomic mass is 10.0. The number of carbonyl (C=O) groups excluding carboxylic acids is 1. The van der Waals surface area contributed by atoms with Gasteiger partial charge in [-0.3, -0.25) is 19.3 Å². The van der Waals surface area contributed by atoms with Gasteiger partial charge in [-0.2, -0.15) is 18.3 Å². The molecule has 0 aliphatic rings. The number of nitrogens with one attached hydrogen (secondary N) is 2. The second-order valence-electron chi connectivity index (χ2n) is 8.27. The summed E-state index contributed by atoms with van der Waals surface area (Å²) >= 11 is 0. The summed E-state index contributed by atoms with van der Waals surface area (Å²) in [6.45, 7) is 5.54. The molecule has 0 saturated carbocycles. The van der Waals surface area contributed by atoms with Crippen LogP contribution in [0.3, 0.4) is 0 Å². The van der Waals surface area contributed by atoms with Gasteiger partial charge in [0.1, 0.15) is 5.69 Å². The second kappa shape index (κ2) is 8.77. The number of hydrogen-bond acceptors (Lipinski definition) is 4. The molecule has 0 spiro atoms. The monoisotopic (exact) mass is 469 g/mol. The maximum absolute atomic E-state index is 13.2. The Hall–Kier alpha value is -3.95. The molecule has 0 aliphatic heterocycles. The first kappa shape index (κ1) is 23.2. The van der Waals surface area contributed by atoms with E-state index in [0.29, 0.717) is 5.56 Å². The number of alkyl halides is 3. The van der Waals surface area contributed by atoms with Crippen LogP contribution in [0, 0.1) is 0 Å². The zero-order valence-corrected chi connectivity index (χ0v) is 18.6. The number of benzene rings is 2. The Balaban J connectivity index is 1.70. The first-order valence-electron chi connectivity index (χ1n) is 10.6. The van der Waals surface area contributed by atoms with Crippen molar-refractivity contribution in [1.82, 2.24) is 25.1 Å². The van der Waals surface area contributed by atoms with E-state index in [4.69, 9.17) is 0 Å². The van der Waals surface area contributed by atoms with E-state index in [1.54, 1.807) is 18.2 Å². The fourth-order valence-corrected chi connectivity index (χ4v) is 3.75. The van der Waals surface area contributed by atoms with E-state index in [2.05, 4.69) is 15.4 Å². The molecule has 1 atom stereocenters. The highest BCUT2D eigenvalue weighted by atomic mass is 19.4. The van der Waals surface area contributed by atoms with Gasteiger partial charge in [0.2, 0.25) is 0 Å². The zero-order chi connectivity index (χ0) is 24.6. The van der Waals surface area contributed by atoms with Crippen LogP contribution in [0.1, 0.15) is 48.4 Å². The van der Waals surface area contributed by atoms with Crippen LogP contribution >= 0.6 is 0 Å². The third-order valence-electron chi connectivity index (χ3n) is 5.49. The summed E-state index contributed by atoms with van der Waals surface area (Å²) in [7, 11) is 0. The van der Waals surface area contributed by atoms with E-state index in [1.165, 1.54) is 29.1 Å². The Morgan fingerprint density at radius 2 is 1.88 bits per heavy atom. The van der Waals surface area contributed by atoms with Gasteiger partial charge < -0.3 is 5.32 Å². The van der Waals surface area contributed by atoms with E-state index in [1.807, 2.05) is 31.9 Å². The number of rotatable bonds is 5. The maximum Gasteiger partial charge on any atom is 0.433 e. The average molecular weight is 469 g/mol. The topological polar surface area (TPSA) is 92.7 Å². The number of fused-ring (bicyclic) bond motifs is 1. The third-order valence-corrected chi connectivity index (χ3v) is 5.49. The van der Waals surface area contributed by atoms with E-state index in [0.717, 1.165) is 11.8 Å². The van der Waals surface area contributed by atoms with Crippen LogP contribution in [0.15, 0.2) is 59.8 Å². The normalized spacial score (nSPS) is 12.8. The molecule has 4 aromatic rings. The summed E-state index contributed by atoms with van der Waals surface area (Å²) in [6.07, 6.45) is -2.14. The molecule has 176 valence electrons. The Bertz CT molecular complexity index is 1420. The predicted octanol–water partition coefficient (Wildman–Crippen LogP) is 4.55. The van der Waals surface area contributed by atoms with Gasteiger partial charge >= 0.3 is 6.18 Å². The molecule has 2 N–H and O–H groups in total. The summed E-state index contributed by atoms with van der Waals surface area (Å²) < 4.78 is 41.1. The van der Waals surface area contributed by atoms with Gasteiger partial charge in [0.15, 0.2) is 0 Å². The number of halogens is 3.